The summed E-state index contributed by atoms with van der Waals surface area (Å²) >= 11 is 0. The number of carbonyl (C=O) groups is 1. The van der Waals surface area contributed by atoms with Crippen LogP contribution >= 0.6 is 0 Å². The third-order valence-corrected chi connectivity index (χ3v) is 6.79. The molecule has 10 heteroatoms. The Labute approximate surface area is 192 Å². The Morgan fingerprint density at radius 3 is 2.45 bits per heavy atom. The smallest absolute Gasteiger partial charge is 0.276 e. The van der Waals surface area contributed by atoms with E-state index in [-0.39, 0.29) is 23.1 Å². The van der Waals surface area contributed by atoms with E-state index in [9.17, 15) is 13.2 Å². The second-order valence-corrected chi connectivity index (χ2v) is 9.29. The number of carbonyl (C=O) groups excluding carboxylic acids is 1. The summed E-state index contributed by atoms with van der Waals surface area (Å²) in [7, 11) is -3.69. The maximum Gasteiger partial charge on any atom is 0.276 e. The summed E-state index contributed by atoms with van der Waals surface area (Å²) in [5.74, 6) is -0.00254. The quantitative estimate of drug-likeness (QED) is 0.358. The molecular formula is C23H24N4O5S. The maximum atomic E-state index is 12.8. The molecule has 1 aromatic heterocycles. The molecule has 2 heterocycles. The summed E-state index contributed by atoms with van der Waals surface area (Å²) in [6, 6.07) is 19.7. The summed E-state index contributed by atoms with van der Waals surface area (Å²) in [6.07, 6.45) is 1.01. The Balaban J connectivity index is 1.36. The highest BCUT2D eigenvalue weighted by Gasteiger charge is 2.24. The van der Waals surface area contributed by atoms with Gasteiger partial charge in [-0.3, -0.25) is 10.0 Å². The minimum absolute atomic E-state index is 0.115. The first-order chi connectivity index (χ1) is 16.0. The summed E-state index contributed by atoms with van der Waals surface area (Å²) in [4.78, 5) is 17.8. The fourth-order valence-electron chi connectivity index (χ4n) is 3.57. The van der Waals surface area contributed by atoms with Crippen LogP contribution < -0.4 is 15.1 Å². The van der Waals surface area contributed by atoms with Gasteiger partial charge in [0.25, 0.3) is 5.91 Å². The Bertz CT molecular complexity index is 1190. The average molecular weight is 469 g/mol. The number of hydrogen-bond acceptors (Lipinski definition) is 7. The second kappa shape index (κ2) is 10.1. The lowest BCUT2D eigenvalue weighted by molar-refractivity contribution is 0.0439. The molecular weight excluding hydrogens is 444 g/mol. The Hall–Kier alpha value is -3.31. The van der Waals surface area contributed by atoms with Crippen LogP contribution in [0.25, 0.3) is 11.1 Å². The van der Waals surface area contributed by atoms with Gasteiger partial charge >= 0.3 is 0 Å². The molecule has 1 amide bonds. The molecule has 1 fully saturated rings. The van der Waals surface area contributed by atoms with Gasteiger partial charge in [-0.1, -0.05) is 42.5 Å². The van der Waals surface area contributed by atoms with E-state index < -0.39 is 15.9 Å². The molecule has 0 bridgehead atoms. The van der Waals surface area contributed by atoms with Crippen LogP contribution in [0.2, 0.25) is 0 Å². The van der Waals surface area contributed by atoms with E-state index in [1.807, 2.05) is 35.2 Å². The third-order valence-electron chi connectivity index (χ3n) is 5.35. The van der Waals surface area contributed by atoms with Gasteiger partial charge < -0.3 is 9.64 Å². The molecule has 1 aliphatic rings. The van der Waals surface area contributed by atoms with Crippen molar-refractivity contribution in [1.29, 1.82) is 0 Å². The van der Waals surface area contributed by atoms with Crippen LogP contribution in [0.4, 0.5) is 5.82 Å². The SMILES string of the molecule is O=C(NO)c1ccc(N2CCOC(CNS(=O)(=O)c3ccc(-c4ccccc4)cc3)C2)nc1. The molecule has 0 aliphatic carbocycles. The molecule has 0 saturated carbocycles. The van der Waals surface area contributed by atoms with E-state index in [0.29, 0.717) is 25.5 Å². The van der Waals surface area contributed by atoms with Crippen molar-refractivity contribution in [2.75, 3.05) is 31.1 Å². The molecule has 172 valence electrons. The van der Waals surface area contributed by atoms with Gasteiger partial charge in [-0.25, -0.2) is 23.6 Å². The lowest BCUT2D eigenvalue weighted by Gasteiger charge is -2.33. The lowest BCUT2D eigenvalue weighted by atomic mass is 10.1. The van der Waals surface area contributed by atoms with Crippen LogP contribution in [0, 0.1) is 0 Å². The number of nitrogens with zero attached hydrogens (tertiary/aromatic N) is 2. The van der Waals surface area contributed by atoms with Crippen LogP contribution in [0.5, 0.6) is 0 Å². The highest BCUT2D eigenvalue weighted by molar-refractivity contribution is 7.89. The average Bonchev–Trinajstić information content (AvgIpc) is 2.88. The van der Waals surface area contributed by atoms with Gasteiger partial charge in [0.05, 0.1) is 23.2 Å². The van der Waals surface area contributed by atoms with Gasteiger partial charge in [0, 0.05) is 25.8 Å². The Kier molecular flexibility index (Phi) is 6.99. The number of anilines is 1. The van der Waals surface area contributed by atoms with Gasteiger partial charge in [0.2, 0.25) is 10.0 Å². The van der Waals surface area contributed by atoms with E-state index in [2.05, 4.69) is 9.71 Å². The Morgan fingerprint density at radius 1 is 1.06 bits per heavy atom. The highest BCUT2D eigenvalue weighted by Crippen LogP contribution is 2.21. The molecule has 2 aromatic carbocycles. The number of amides is 1. The number of ether oxygens (including phenoxy) is 1. The minimum Gasteiger partial charge on any atom is -0.373 e. The van der Waals surface area contributed by atoms with Crippen LogP contribution in [0.3, 0.4) is 0 Å². The monoisotopic (exact) mass is 468 g/mol. The van der Waals surface area contributed by atoms with Crippen molar-refractivity contribution in [2.24, 2.45) is 0 Å². The number of pyridine rings is 1. The number of hydroxylamine groups is 1. The molecule has 4 rings (SSSR count). The third kappa shape index (κ3) is 5.55. The standard InChI is InChI=1S/C23H24N4O5S/c28-23(26-29)19-8-11-22(24-14-19)27-12-13-32-20(16-27)15-25-33(30,31)21-9-6-18(7-10-21)17-4-2-1-3-5-17/h1-11,14,20,25,29H,12-13,15-16H2,(H,26,28). The number of nitrogens with one attached hydrogen (secondary N) is 2. The van der Waals surface area contributed by atoms with Crippen molar-refractivity contribution in [3.05, 3.63) is 78.5 Å². The van der Waals surface area contributed by atoms with Crippen molar-refractivity contribution in [3.8, 4) is 11.1 Å². The molecule has 1 aliphatic heterocycles. The largest absolute Gasteiger partial charge is 0.373 e. The van der Waals surface area contributed by atoms with Crippen LogP contribution in [-0.2, 0) is 14.8 Å². The first kappa shape index (κ1) is 22.9. The number of rotatable bonds is 7. The molecule has 1 unspecified atom stereocenters. The first-order valence-electron chi connectivity index (χ1n) is 10.4. The molecule has 9 nitrogen and oxygen atoms in total. The topological polar surface area (TPSA) is 121 Å². The van der Waals surface area contributed by atoms with E-state index in [1.165, 1.54) is 6.20 Å². The van der Waals surface area contributed by atoms with Gasteiger partial charge in [0.1, 0.15) is 5.82 Å². The molecule has 3 N–H and O–H groups in total. The van der Waals surface area contributed by atoms with Crippen LogP contribution in [0.15, 0.2) is 77.8 Å². The fraction of sp³-hybridized carbons (Fsp3) is 0.217. The number of aromatic nitrogens is 1. The van der Waals surface area contributed by atoms with E-state index in [4.69, 9.17) is 9.94 Å². The van der Waals surface area contributed by atoms with E-state index in [1.54, 1.807) is 41.9 Å². The Morgan fingerprint density at radius 2 is 1.79 bits per heavy atom. The van der Waals surface area contributed by atoms with Gasteiger partial charge in [-0.2, -0.15) is 0 Å². The predicted molar refractivity (Wildman–Crippen MR) is 123 cm³/mol. The van der Waals surface area contributed by atoms with Crippen molar-refractivity contribution < 1.29 is 23.2 Å². The van der Waals surface area contributed by atoms with Crippen molar-refractivity contribution >= 4 is 21.7 Å². The second-order valence-electron chi connectivity index (χ2n) is 7.53. The number of morpholine rings is 1. The summed E-state index contributed by atoms with van der Waals surface area (Å²) in [6.45, 7) is 1.56. The first-order valence-corrected chi connectivity index (χ1v) is 11.9. The molecule has 0 spiro atoms. The van der Waals surface area contributed by atoms with Crippen molar-refractivity contribution in [1.82, 2.24) is 15.2 Å². The van der Waals surface area contributed by atoms with Crippen LogP contribution in [0.1, 0.15) is 10.4 Å². The number of sulfonamides is 1. The molecule has 3 aromatic rings. The number of hydrogen-bond donors (Lipinski definition) is 3. The predicted octanol–water partition coefficient (Wildman–Crippen LogP) is 2.05. The molecule has 0 radical (unpaired) electrons. The normalized spacial score (nSPS) is 16.4. The van der Waals surface area contributed by atoms with Crippen molar-refractivity contribution in [2.45, 2.75) is 11.0 Å². The van der Waals surface area contributed by atoms with Gasteiger partial charge in [-0.05, 0) is 35.4 Å². The van der Waals surface area contributed by atoms with Crippen molar-refractivity contribution in [3.63, 3.8) is 0 Å². The number of benzene rings is 2. The summed E-state index contributed by atoms with van der Waals surface area (Å²) < 4.78 is 33.9. The molecule has 1 atom stereocenters. The van der Waals surface area contributed by atoms with Gasteiger partial charge in [0.15, 0.2) is 0 Å². The zero-order valence-corrected chi connectivity index (χ0v) is 18.5. The lowest BCUT2D eigenvalue weighted by Crippen LogP contribution is -2.47. The summed E-state index contributed by atoms with van der Waals surface area (Å²) in [5.41, 5.74) is 3.76. The van der Waals surface area contributed by atoms with E-state index >= 15 is 0 Å². The zero-order valence-electron chi connectivity index (χ0n) is 17.7. The zero-order chi connectivity index (χ0) is 23.3. The van der Waals surface area contributed by atoms with E-state index in [0.717, 1.165) is 11.1 Å². The van der Waals surface area contributed by atoms with Crippen LogP contribution in [-0.4, -0.2) is 56.9 Å². The highest BCUT2D eigenvalue weighted by atomic mass is 32.2. The van der Waals surface area contributed by atoms with Gasteiger partial charge in [-0.15, -0.1) is 0 Å². The maximum absolute atomic E-state index is 12.8. The molecule has 1 saturated heterocycles. The fourth-order valence-corrected chi connectivity index (χ4v) is 4.63. The summed E-state index contributed by atoms with van der Waals surface area (Å²) in [5, 5.41) is 8.70. The minimum atomic E-state index is -3.69. The molecule has 33 heavy (non-hydrogen) atoms.